The lowest BCUT2D eigenvalue weighted by atomic mass is 9.81. The quantitative estimate of drug-likeness (QED) is 0.113. The van der Waals surface area contributed by atoms with Gasteiger partial charge in [-0.2, -0.15) is 0 Å². The number of fused-ring (bicyclic) bond motifs is 6. The van der Waals surface area contributed by atoms with Crippen LogP contribution in [0.5, 0.6) is 0 Å². The molecule has 7 rings (SSSR count). The highest BCUT2D eigenvalue weighted by Gasteiger charge is 2.39. The topological polar surface area (TPSA) is 56.3 Å². The van der Waals surface area contributed by atoms with Crippen LogP contribution in [0.4, 0.5) is 0 Å². The van der Waals surface area contributed by atoms with Crippen LogP contribution in [-0.4, -0.2) is 21.4 Å². The first-order valence-corrected chi connectivity index (χ1v) is 24.1. The van der Waals surface area contributed by atoms with E-state index in [1.807, 2.05) is 0 Å². The van der Waals surface area contributed by atoms with Crippen molar-refractivity contribution in [2.24, 2.45) is 15.9 Å². The van der Waals surface area contributed by atoms with Gasteiger partial charge in [0.05, 0.1) is 34.2 Å². The van der Waals surface area contributed by atoms with E-state index in [4.69, 9.17) is 9.98 Å². The molecule has 5 heterocycles. The molecule has 0 saturated heterocycles. The van der Waals surface area contributed by atoms with Crippen molar-refractivity contribution in [3.8, 4) is 0 Å². The summed E-state index contributed by atoms with van der Waals surface area (Å²) >= 11 is 0. The summed E-state index contributed by atoms with van der Waals surface area (Å²) in [6.07, 6.45) is 14.4. The van der Waals surface area contributed by atoms with Crippen LogP contribution in [0.1, 0.15) is 196 Å². The fourth-order valence-corrected chi connectivity index (χ4v) is 11.1. The highest BCUT2D eigenvalue weighted by atomic mass is 14.9. The van der Waals surface area contributed by atoms with E-state index in [1.54, 1.807) is 0 Å². The number of hydrogen-bond acceptors (Lipinski definition) is 2. The molecule has 3 aliphatic heterocycles. The Balaban J connectivity index is 1.74. The van der Waals surface area contributed by atoms with Gasteiger partial charge in [0.15, 0.2) is 0 Å². The average Bonchev–Trinajstić information content (AvgIpc) is 4.05. The third kappa shape index (κ3) is 7.51. The van der Waals surface area contributed by atoms with E-state index in [0.29, 0.717) is 0 Å². The molecule has 3 aliphatic rings. The van der Waals surface area contributed by atoms with Gasteiger partial charge in [0.2, 0.25) is 0 Å². The third-order valence-electron chi connectivity index (χ3n) is 13.9. The number of hydrogen-bond donors (Lipinski definition) is 2. The highest BCUT2D eigenvalue weighted by molar-refractivity contribution is 6.24. The van der Waals surface area contributed by atoms with Crippen LogP contribution in [0, 0.1) is 5.92 Å². The first kappa shape index (κ1) is 43.4. The van der Waals surface area contributed by atoms with Crippen molar-refractivity contribution in [1.82, 2.24) is 9.97 Å². The van der Waals surface area contributed by atoms with E-state index in [2.05, 4.69) is 140 Å². The van der Waals surface area contributed by atoms with Crippen molar-refractivity contribution >= 4 is 22.6 Å². The molecule has 0 radical (unpaired) electrons. The van der Waals surface area contributed by atoms with Crippen LogP contribution in [0.3, 0.4) is 0 Å². The average molecular weight is 801 g/mol. The molecule has 316 valence electrons. The van der Waals surface area contributed by atoms with Gasteiger partial charge in [0.1, 0.15) is 0 Å². The van der Waals surface area contributed by atoms with Gasteiger partial charge < -0.3 is 9.97 Å². The minimum absolute atomic E-state index is 0.112. The molecule has 4 nitrogen and oxygen atoms in total. The minimum atomic E-state index is 0.112. The summed E-state index contributed by atoms with van der Waals surface area (Å²) in [5.74, 6) is 0.314. The van der Waals surface area contributed by atoms with Crippen molar-refractivity contribution in [2.75, 3.05) is 0 Å². The number of aromatic amines is 2. The smallest absolute Gasteiger partial charge is 0.0767 e. The fraction of sp³-hybridized carbons (Fsp3) is 0.464. The maximum atomic E-state index is 6.00. The first-order valence-electron chi connectivity index (χ1n) is 24.1. The second-order valence-electron chi connectivity index (χ2n) is 17.0. The van der Waals surface area contributed by atoms with Gasteiger partial charge >= 0.3 is 0 Å². The number of benzene rings is 2. The summed E-state index contributed by atoms with van der Waals surface area (Å²) < 4.78 is 0. The molecule has 0 saturated carbocycles. The summed E-state index contributed by atoms with van der Waals surface area (Å²) in [4.78, 5) is 20.7. The Morgan fingerprint density at radius 2 is 0.783 bits per heavy atom. The van der Waals surface area contributed by atoms with Crippen molar-refractivity contribution < 1.29 is 0 Å². The lowest BCUT2D eigenvalue weighted by Gasteiger charge is -2.21. The zero-order chi connectivity index (χ0) is 42.5. The van der Waals surface area contributed by atoms with Crippen LogP contribution >= 0.6 is 0 Å². The minimum Gasteiger partial charge on any atom is -0.357 e. The lowest BCUT2D eigenvalue weighted by Crippen LogP contribution is -2.26. The zero-order valence-corrected chi connectivity index (χ0v) is 38.7. The van der Waals surface area contributed by atoms with Gasteiger partial charge in [-0.1, -0.05) is 156 Å². The van der Waals surface area contributed by atoms with E-state index in [-0.39, 0.29) is 11.8 Å². The Bertz CT molecular complexity index is 2200. The van der Waals surface area contributed by atoms with Gasteiger partial charge in [-0.25, -0.2) is 0 Å². The Kier molecular flexibility index (Phi) is 14.0. The normalized spacial score (nSPS) is 19.2. The number of aliphatic imine (C=N–C) groups is 2. The molecular weight excluding hydrogens is 729 g/mol. The van der Waals surface area contributed by atoms with E-state index in [1.165, 1.54) is 112 Å². The summed E-state index contributed by atoms with van der Waals surface area (Å²) in [5.41, 5.74) is 26.7. The van der Waals surface area contributed by atoms with E-state index in [9.17, 15) is 0 Å². The SMILES string of the molecule is CCCCC1C2=NC(=C(c3ccccc3)c3[nH]c(c(CC)c3CC)C(CCCC)c3[nH]c(c(CC)c3CC)/C(c3ccccc3)=C3\N=C1C(CC)=C3CC)C(CC)=C2CC. The van der Waals surface area contributed by atoms with Crippen molar-refractivity contribution in [2.45, 2.75) is 165 Å². The molecule has 0 aliphatic carbocycles. The van der Waals surface area contributed by atoms with Crippen molar-refractivity contribution in [3.63, 3.8) is 0 Å². The van der Waals surface area contributed by atoms with Crippen LogP contribution in [-0.2, 0) is 25.7 Å². The summed E-state index contributed by atoms with van der Waals surface area (Å²) in [6.45, 7) is 23.5. The fourth-order valence-electron chi connectivity index (χ4n) is 11.1. The van der Waals surface area contributed by atoms with Gasteiger partial charge in [-0.3, -0.25) is 9.98 Å². The summed E-state index contributed by atoms with van der Waals surface area (Å²) in [7, 11) is 0. The van der Waals surface area contributed by atoms with Gasteiger partial charge in [-0.05, 0) is 120 Å². The Morgan fingerprint density at radius 1 is 0.417 bits per heavy atom. The van der Waals surface area contributed by atoms with Gasteiger partial charge in [-0.15, -0.1) is 0 Å². The van der Waals surface area contributed by atoms with E-state index >= 15 is 0 Å². The molecule has 0 fully saturated rings. The molecule has 2 atom stereocenters. The van der Waals surface area contributed by atoms with Crippen LogP contribution in [0.15, 0.2) is 104 Å². The number of unbranched alkanes of at least 4 members (excludes halogenated alkanes) is 2. The van der Waals surface area contributed by atoms with E-state index < -0.39 is 0 Å². The maximum Gasteiger partial charge on any atom is 0.0767 e. The molecule has 60 heavy (non-hydrogen) atoms. The predicted molar refractivity (Wildman–Crippen MR) is 258 cm³/mol. The zero-order valence-electron chi connectivity index (χ0n) is 38.7. The van der Waals surface area contributed by atoms with Crippen molar-refractivity contribution in [1.29, 1.82) is 0 Å². The molecule has 0 spiro atoms. The largest absolute Gasteiger partial charge is 0.357 e. The lowest BCUT2D eigenvalue weighted by molar-refractivity contribution is 0.621. The third-order valence-corrected chi connectivity index (χ3v) is 13.9. The molecular formula is C56H72N4. The number of nitrogens with zero attached hydrogens (tertiary/aromatic N) is 2. The molecule has 0 amide bonds. The van der Waals surface area contributed by atoms with Gasteiger partial charge in [0, 0.05) is 34.4 Å². The molecule has 8 bridgehead atoms. The van der Waals surface area contributed by atoms with Gasteiger partial charge in [0.25, 0.3) is 0 Å². The molecule has 2 aromatic heterocycles. The number of aromatic nitrogens is 2. The predicted octanol–water partition coefficient (Wildman–Crippen LogP) is 15.4. The van der Waals surface area contributed by atoms with Crippen molar-refractivity contribution in [3.05, 3.63) is 151 Å². The van der Waals surface area contributed by atoms with Crippen LogP contribution in [0.25, 0.3) is 11.1 Å². The van der Waals surface area contributed by atoms with E-state index in [0.717, 1.165) is 89.9 Å². The number of H-pyrrole nitrogens is 2. The first-order chi connectivity index (χ1) is 29.4. The molecule has 2 unspecified atom stereocenters. The molecule has 2 N–H and O–H groups in total. The van der Waals surface area contributed by atoms with Crippen LogP contribution in [0.2, 0.25) is 0 Å². The molecule has 4 aromatic rings. The number of rotatable bonds is 16. The monoisotopic (exact) mass is 801 g/mol. The second kappa shape index (κ2) is 19.3. The standard InChI is InChI=1S/C56H72N4/c1-11-21-33-45-49-37(13-3)41(17-7)53(57-49)47(35-29-25-23-26-30-35)55-43(19-9)39(15-5)51(59-55)46(34-22-12-2)52-40(16-6)44(20-10)56(60-52)48(36-31-27-24-28-32-36)54-42(18-8)38(14-4)50(45)58-54/h23-32,45-46,57-58H,11-22,33-34H2,1-10H3/b55-47-,56-48?. The Hall–Kier alpha value is -4.70. The molecule has 4 heteroatoms. The second-order valence-corrected chi connectivity index (χ2v) is 17.0. The highest BCUT2D eigenvalue weighted by Crippen LogP contribution is 2.48. The van der Waals surface area contributed by atoms with Crippen LogP contribution < -0.4 is 0 Å². The number of nitrogens with one attached hydrogen (secondary N) is 2. The Morgan fingerprint density at radius 3 is 1.12 bits per heavy atom. The number of allylic oxidation sites excluding steroid dienone is 4. The summed E-state index contributed by atoms with van der Waals surface area (Å²) in [5, 5.41) is 0. The summed E-state index contributed by atoms with van der Waals surface area (Å²) in [6, 6.07) is 22.4. The maximum absolute atomic E-state index is 6.00. The molecule has 2 aromatic carbocycles. The Labute approximate surface area is 362 Å².